The van der Waals surface area contributed by atoms with Gasteiger partial charge in [-0.1, -0.05) is 20.3 Å². The Morgan fingerprint density at radius 2 is 2.15 bits per heavy atom. The fourth-order valence-corrected chi connectivity index (χ4v) is 4.34. The second-order valence-corrected chi connectivity index (χ2v) is 6.42. The standard InChI is InChI=1S/C11H21NS/c1-11(2)6-3-5-9-10(11)12-7-4-8-13-9/h9-10,12H,3-8H2,1-2H3. The summed E-state index contributed by atoms with van der Waals surface area (Å²) >= 11 is 2.21. The van der Waals surface area contributed by atoms with Crippen molar-refractivity contribution in [1.82, 2.24) is 5.32 Å². The average Bonchev–Trinajstić information content (AvgIpc) is 2.29. The molecule has 2 heteroatoms. The monoisotopic (exact) mass is 199 g/mol. The van der Waals surface area contributed by atoms with Gasteiger partial charge < -0.3 is 5.32 Å². The van der Waals surface area contributed by atoms with Crippen molar-refractivity contribution in [2.24, 2.45) is 5.41 Å². The van der Waals surface area contributed by atoms with Crippen LogP contribution < -0.4 is 5.32 Å². The summed E-state index contributed by atoms with van der Waals surface area (Å²) in [6.45, 7) is 6.10. The number of thioether (sulfide) groups is 1. The van der Waals surface area contributed by atoms with Crippen LogP contribution in [0.15, 0.2) is 0 Å². The molecule has 0 aromatic rings. The van der Waals surface area contributed by atoms with E-state index in [1.165, 1.54) is 38.0 Å². The molecule has 2 unspecified atom stereocenters. The molecule has 2 fully saturated rings. The Labute approximate surface area is 86.0 Å². The second-order valence-electron chi connectivity index (χ2n) is 5.08. The second kappa shape index (κ2) is 3.82. The van der Waals surface area contributed by atoms with Crippen LogP contribution in [0.5, 0.6) is 0 Å². The van der Waals surface area contributed by atoms with E-state index in [0.29, 0.717) is 5.41 Å². The summed E-state index contributed by atoms with van der Waals surface area (Å²) in [4.78, 5) is 0. The predicted octanol–water partition coefficient (Wildman–Crippen LogP) is 2.66. The van der Waals surface area contributed by atoms with Crippen LogP contribution in [0, 0.1) is 5.41 Å². The molecule has 13 heavy (non-hydrogen) atoms. The van der Waals surface area contributed by atoms with Crippen molar-refractivity contribution >= 4 is 11.8 Å². The van der Waals surface area contributed by atoms with E-state index in [0.717, 1.165) is 11.3 Å². The minimum Gasteiger partial charge on any atom is -0.312 e. The van der Waals surface area contributed by atoms with E-state index in [9.17, 15) is 0 Å². The van der Waals surface area contributed by atoms with Crippen molar-refractivity contribution in [2.75, 3.05) is 12.3 Å². The van der Waals surface area contributed by atoms with Crippen molar-refractivity contribution in [3.63, 3.8) is 0 Å². The maximum Gasteiger partial charge on any atom is 0.0237 e. The third-order valence-electron chi connectivity index (χ3n) is 3.54. The van der Waals surface area contributed by atoms with E-state index in [1.54, 1.807) is 0 Å². The SMILES string of the molecule is CC1(C)CCCC2SCCCNC21. The maximum atomic E-state index is 3.75. The summed E-state index contributed by atoms with van der Waals surface area (Å²) < 4.78 is 0. The van der Waals surface area contributed by atoms with Gasteiger partial charge in [-0.25, -0.2) is 0 Å². The van der Waals surface area contributed by atoms with Crippen LogP contribution >= 0.6 is 11.8 Å². The number of nitrogens with one attached hydrogen (secondary N) is 1. The summed E-state index contributed by atoms with van der Waals surface area (Å²) in [5.74, 6) is 1.37. The van der Waals surface area contributed by atoms with Gasteiger partial charge in [0.2, 0.25) is 0 Å². The largest absolute Gasteiger partial charge is 0.312 e. The molecule has 1 aliphatic carbocycles. The van der Waals surface area contributed by atoms with Crippen LogP contribution in [0.3, 0.4) is 0 Å². The summed E-state index contributed by atoms with van der Waals surface area (Å²) in [6, 6.07) is 0.772. The van der Waals surface area contributed by atoms with Crippen LogP contribution in [0.25, 0.3) is 0 Å². The molecule has 0 amide bonds. The smallest absolute Gasteiger partial charge is 0.0237 e. The Hall–Kier alpha value is 0.310. The predicted molar refractivity (Wildman–Crippen MR) is 60.3 cm³/mol. The molecule has 2 atom stereocenters. The molecule has 1 saturated carbocycles. The van der Waals surface area contributed by atoms with Crippen LogP contribution in [0.2, 0.25) is 0 Å². The topological polar surface area (TPSA) is 12.0 Å². The van der Waals surface area contributed by atoms with Crippen LogP contribution in [0.4, 0.5) is 0 Å². The third kappa shape index (κ3) is 2.04. The molecule has 0 aromatic carbocycles. The van der Waals surface area contributed by atoms with Gasteiger partial charge in [0.05, 0.1) is 0 Å². The zero-order valence-electron chi connectivity index (χ0n) is 8.81. The Morgan fingerprint density at radius 3 is 3.00 bits per heavy atom. The molecule has 76 valence electrons. The first-order valence-corrected chi connectivity index (χ1v) is 6.60. The lowest BCUT2D eigenvalue weighted by molar-refractivity contribution is 0.177. The molecule has 1 aliphatic heterocycles. The Bertz CT molecular complexity index is 179. The fourth-order valence-electron chi connectivity index (χ4n) is 2.74. The van der Waals surface area contributed by atoms with Crippen LogP contribution in [-0.4, -0.2) is 23.6 Å². The molecular weight excluding hydrogens is 178 g/mol. The van der Waals surface area contributed by atoms with E-state index in [-0.39, 0.29) is 0 Å². The van der Waals surface area contributed by atoms with Gasteiger partial charge in [0, 0.05) is 11.3 Å². The van der Waals surface area contributed by atoms with Gasteiger partial charge in [-0.05, 0) is 37.0 Å². The van der Waals surface area contributed by atoms with E-state index in [1.807, 2.05) is 0 Å². The molecule has 1 N–H and O–H groups in total. The summed E-state index contributed by atoms with van der Waals surface area (Å²) in [5.41, 5.74) is 0.528. The van der Waals surface area contributed by atoms with Gasteiger partial charge in [-0.15, -0.1) is 0 Å². The lowest BCUT2D eigenvalue weighted by Crippen LogP contribution is -2.50. The molecule has 1 heterocycles. The first kappa shape index (κ1) is 9.85. The molecule has 0 radical (unpaired) electrons. The van der Waals surface area contributed by atoms with Crippen molar-refractivity contribution in [1.29, 1.82) is 0 Å². The zero-order chi connectivity index (χ0) is 9.31. The zero-order valence-corrected chi connectivity index (χ0v) is 9.62. The van der Waals surface area contributed by atoms with Crippen molar-refractivity contribution < 1.29 is 0 Å². The summed E-state index contributed by atoms with van der Waals surface area (Å²) in [5, 5.41) is 4.65. The fraction of sp³-hybridized carbons (Fsp3) is 1.00. The first-order chi connectivity index (χ1) is 6.20. The van der Waals surface area contributed by atoms with Gasteiger partial charge >= 0.3 is 0 Å². The van der Waals surface area contributed by atoms with Gasteiger partial charge in [0.1, 0.15) is 0 Å². The highest BCUT2D eigenvalue weighted by Gasteiger charge is 2.39. The van der Waals surface area contributed by atoms with Gasteiger partial charge in [0.25, 0.3) is 0 Å². The molecule has 0 aromatic heterocycles. The molecule has 2 aliphatic rings. The minimum absolute atomic E-state index is 0.528. The number of rotatable bonds is 0. The van der Waals surface area contributed by atoms with Crippen molar-refractivity contribution in [3.8, 4) is 0 Å². The van der Waals surface area contributed by atoms with Gasteiger partial charge in [-0.3, -0.25) is 0 Å². The lowest BCUT2D eigenvalue weighted by Gasteiger charge is -2.43. The lowest BCUT2D eigenvalue weighted by atomic mass is 9.73. The molecular formula is C11H21NS. The van der Waals surface area contributed by atoms with Crippen molar-refractivity contribution in [2.45, 2.75) is 50.8 Å². The molecule has 1 saturated heterocycles. The third-order valence-corrected chi connectivity index (χ3v) is 5.00. The van der Waals surface area contributed by atoms with Gasteiger partial charge in [-0.2, -0.15) is 11.8 Å². The quantitative estimate of drug-likeness (QED) is 0.644. The Kier molecular flexibility index (Phi) is 2.89. The Balaban J connectivity index is 2.10. The van der Waals surface area contributed by atoms with E-state index < -0.39 is 0 Å². The van der Waals surface area contributed by atoms with Crippen molar-refractivity contribution in [3.05, 3.63) is 0 Å². The highest BCUT2D eigenvalue weighted by Crippen LogP contribution is 2.41. The molecule has 2 rings (SSSR count). The van der Waals surface area contributed by atoms with E-state index in [2.05, 4.69) is 30.9 Å². The highest BCUT2D eigenvalue weighted by atomic mass is 32.2. The highest BCUT2D eigenvalue weighted by molar-refractivity contribution is 7.99. The van der Waals surface area contributed by atoms with E-state index in [4.69, 9.17) is 0 Å². The first-order valence-electron chi connectivity index (χ1n) is 5.55. The number of hydrogen-bond acceptors (Lipinski definition) is 2. The molecule has 0 spiro atoms. The Morgan fingerprint density at radius 1 is 1.31 bits per heavy atom. The molecule has 0 bridgehead atoms. The van der Waals surface area contributed by atoms with Gasteiger partial charge in [0.15, 0.2) is 0 Å². The number of fused-ring (bicyclic) bond motifs is 1. The summed E-state index contributed by atoms with van der Waals surface area (Å²) in [6.07, 6.45) is 5.63. The van der Waals surface area contributed by atoms with E-state index >= 15 is 0 Å². The van der Waals surface area contributed by atoms with Crippen LogP contribution in [-0.2, 0) is 0 Å². The van der Waals surface area contributed by atoms with Crippen LogP contribution in [0.1, 0.15) is 39.5 Å². The summed E-state index contributed by atoms with van der Waals surface area (Å²) in [7, 11) is 0. The molecule has 1 nitrogen and oxygen atoms in total. The maximum absolute atomic E-state index is 3.75. The normalized spacial score (nSPS) is 39.2. The minimum atomic E-state index is 0.528. The average molecular weight is 199 g/mol. The number of hydrogen-bond donors (Lipinski definition) is 1.